The summed E-state index contributed by atoms with van der Waals surface area (Å²) in [6.07, 6.45) is 0. The predicted octanol–water partition coefficient (Wildman–Crippen LogP) is 0.182. The fraction of sp³-hybridized carbons (Fsp3) is 0.364. The molecule has 0 atom stereocenters. The second kappa shape index (κ2) is 4.95. The zero-order valence-corrected chi connectivity index (χ0v) is 11.0. The van der Waals surface area contributed by atoms with Crippen LogP contribution in [0.25, 0.3) is 0 Å². The summed E-state index contributed by atoms with van der Waals surface area (Å²) in [6, 6.07) is 5.09. The van der Waals surface area contributed by atoms with Crippen LogP contribution in [0.4, 0.5) is 0 Å². The summed E-state index contributed by atoms with van der Waals surface area (Å²) in [4.78, 5) is 11.1. The third-order valence-electron chi connectivity index (χ3n) is 2.52. The monoisotopic (exact) mass is 272 g/mol. The zero-order chi connectivity index (χ0) is 14.0. The van der Waals surface area contributed by atoms with E-state index in [2.05, 4.69) is 4.72 Å². The molecule has 0 radical (unpaired) electrons. The molecule has 0 saturated carbocycles. The van der Waals surface area contributed by atoms with Crippen LogP contribution in [0.3, 0.4) is 0 Å². The van der Waals surface area contributed by atoms with Crippen LogP contribution in [0, 0.1) is 5.41 Å². The number of carbonyl (C=O) groups excluding carboxylic acids is 1. The number of phenolic OH excluding ortho intramolecular Hbond substituents is 1. The highest BCUT2D eigenvalue weighted by Gasteiger charge is 2.27. The maximum Gasteiger partial charge on any atom is 0.240 e. The topological polar surface area (TPSA) is 109 Å². The van der Waals surface area contributed by atoms with Crippen molar-refractivity contribution in [2.75, 3.05) is 6.54 Å². The largest absolute Gasteiger partial charge is 0.508 e. The van der Waals surface area contributed by atoms with Crippen molar-refractivity contribution in [3.63, 3.8) is 0 Å². The lowest BCUT2D eigenvalue weighted by atomic mass is 9.93. The number of carbonyl (C=O) groups is 1. The van der Waals surface area contributed by atoms with E-state index in [1.807, 2.05) is 0 Å². The van der Waals surface area contributed by atoms with Crippen molar-refractivity contribution in [2.24, 2.45) is 11.1 Å². The highest BCUT2D eigenvalue weighted by Crippen LogP contribution is 2.17. The smallest absolute Gasteiger partial charge is 0.240 e. The summed E-state index contributed by atoms with van der Waals surface area (Å²) in [5.41, 5.74) is 4.18. The number of phenols is 1. The Morgan fingerprint density at radius 2 is 1.83 bits per heavy atom. The average molecular weight is 272 g/mol. The minimum Gasteiger partial charge on any atom is -0.508 e. The minimum absolute atomic E-state index is 0.0144. The Balaban J connectivity index is 2.84. The number of nitrogens with one attached hydrogen (secondary N) is 1. The van der Waals surface area contributed by atoms with Gasteiger partial charge in [0.05, 0.1) is 10.3 Å². The molecule has 0 saturated heterocycles. The van der Waals surface area contributed by atoms with Gasteiger partial charge in [0, 0.05) is 6.54 Å². The van der Waals surface area contributed by atoms with Crippen molar-refractivity contribution in [1.29, 1.82) is 0 Å². The Bertz CT molecular complexity index is 535. The number of sulfonamides is 1. The van der Waals surface area contributed by atoms with Gasteiger partial charge in [0.1, 0.15) is 5.75 Å². The fourth-order valence-electron chi connectivity index (χ4n) is 1.07. The Labute approximate surface area is 106 Å². The molecule has 100 valence electrons. The second-order valence-corrected chi connectivity index (χ2v) is 6.33. The maximum atomic E-state index is 11.9. The van der Waals surface area contributed by atoms with Gasteiger partial charge in [-0.25, -0.2) is 13.1 Å². The van der Waals surface area contributed by atoms with Crippen molar-refractivity contribution >= 4 is 15.9 Å². The molecule has 6 nitrogen and oxygen atoms in total. The lowest BCUT2D eigenvalue weighted by molar-refractivity contribution is -0.125. The first-order valence-corrected chi connectivity index (χ1v) is 6.72. The lowest BCUT2D eigenvalue weighted by Crippen LogP contribution is -2.42. The molecule has 0 aromatic heterocycles. The Morgan fingerprint density at radius 3 is 2.28 bits per heavy atom. The van der Waals surface area contributed by atoms with E-state index < -0.39 is 21.3 Å². The van der Waals surface area contributed by atoms with Crippen LogP contribution >= 0.6 is 0 Å². The summed E-state index contributed by atoms with van der Waals surface area (Å²) in [5.74, 6) is -0.609. The summed E-state index contributed by atoms with van der Waals surface area (Å²) in [7, 11) is -3.71. The summed E-state index contributed by atoms with van der Waals surface area (Å²) >= 11 is 0. The van der Waals surface area contributed by atoms with Crippen LogP contribution in [-0.2, 0) is 14.8 Å². The van der Waals surface area contributed by atoms with Crippen molar-refractivity contribution < 1.29 is 18.3 Å². The molecule has 0 heterocycles. The highest BCUT2D eigenvalue weighted by atomic mass is 32.2. The molecule has 7 heteroatoms. The summed E-state index contributed by atoms with van der Waals surface area (Å²) in [6.45, 7) is 3.01. The van der Waals surface area contributed by atoms with Gasteiger partial charge in [-0.05, 0) is 38.1 Å². The van der Waals surface area contributed by atoms with E-state index in [-0.39, 0.29) is 17.2 Å². The molecule has 1 amide bonds. The van der Waals surface area contributed by atoms with Crippen molar-refractivity contribution in [3.05, 3.63) is 24.3 Å². The molecular formula is C11H16N2O4S. The first-order valence-electron chi connectivity index (χ1n) is 5.24. The molecule has 1 aromatic carbocycles. The molecule has 0 spiro atoms. The molecule has 0 fully saturated rings. The summed E-state index contributed by atoms with van der Waals surface area (Å²) in [5, 5.41) is 9.08. The lowest BCUT2D eigenvalue weighted by Gasteiger charge is -2.20. The van der Waals surface area contributed by atoms with Gasteiger partial charge in [-0.15, -0.1) is 0 Å². The number of hydrogen-bond donors (Lipinski definition) is 3. The van der Waals surface area contributed by atoms with E-state index in [1.54, 1.807) is 13.8 Å². The van der Waals surface area contributed by atoms with Crippen LogP contribution < -0.4 is 10.5 Å². The molecule has 0 aliphatic heterocycles. The van der Waals surface area contributed by atoms with Crippen LogP contribution in [0.1, 0.15) is 13.8 Å². The number of primary amides is 1. The van der Waals surface area contributed by atoms with Gasteiger partial charge in [0.15, 0.2) is 0 Å². The summed E-state index contributed by atoms with van der Waals surface area (Å²) < 4.78 is 26.0. The van der Waals surface area contributed by atoms with Gasteiger partial charge in [-0.2, -0.15) is 0 Å². The van der Waals surface area contributed by atoms with Gasteiger partial charge in [-0.1, -0.05) is 0 Å². The van der Waals surface area contributed by atoms with E-state index >= 15 is 0 Å². The first kappa shape index (κ1) is 14.5. The van der Waals surface area contributed by atoms with Crippen LogP contribution in [0.5, 0.6) is 5.75 Å². The molecular weight excluding hydrogens is 256 g/mol. The Kier molecular flexibility index (Phi) is 3.98. The van der Waals surface area contributed by atoms with Gasteiger partial charge in [0.2, 0.25) is 15.9 Å². The number of amides is 1. The second-order valence-electron chi connectivity index (χ2n) is 4.57. The molecule has 18 heavy (non-hydrogen) atoms. The van der Waals surface area contributed by atoms with Crippen LogP contribution in [0.2, 0.25) is 0 Å². The molecule has 0 bridgehead atoms. The van der Waals surface area contributed by atoms with Crippen molar-refractivity contribution in [1.82, 2.24) is 4.72 Å². The molecule has 4 N–H and O–H groups in total. The minimum atomic E-state index is -3.71. The number of benzene rings is 1. The van der Waals surface area contributed by atoms with E-state index in [4.69, 9.17) is 10.8 Å². The zero-order valence-electron chi connectivity index (χ0n) is 10.2. The van der Waals surface area contributed by atoms with Crippen molar-refractivity contribution in [3.8, 4) is 5.75 Å². The normalized spacial score (nSPS) is 12.3. The third kappa shape index (κ3) is 3.44. The molecule has 1 rings (SSSR count). The van der Waals surface area contributed by atoms with Crippen LogP contribution in [0.15, 0.2) is 29.2 Å². The SMILES string of the molecule is CC(C)(CNS(=O)(=O)c1ccc(O)cc1)C(N)=O. The molecule has 0 aliphatic rings. The van der Waals surface area contributed by atoms with E-state index in [0.29, 0.717) is 0 Å². The quantitative estimate of drug-likeness (QED) is 0.710. The Hall–Kier alpha value is -1.60. The number of aromatic hydroxyl groups is 1. The van der Waals surface area contributed by atoms with Gasteiger partial charge < -0.3 is 10.8 Å². The Morgan fingerprint density at radius 1 is 1.33 bits per heavy atom. The number of hydrogen-bond acceptors (Lipinski definition) is 4. The van der Waals surface area contributed by atoms with Gasteiger partial charge in [-0.3, -0.25) is 4.79 Å². The number of nitrogens with two attached hydrogens (primary N) is 1. The van der Waals surface area contributed by atoms with E-state index in [0.717, 1.165) is 0 Å². The predicted molar refractivity (Wildman–Crippen MR) is 66.3 cm³/mol. The van der Waals surface area contributed by atoms with Gasteiger partial charge >= 0.3 is 0 Å². The fourth-order valence-corrected chi connectivity index (χ4v) is 2.28. The first-order chi connectivity index (χ1) is 8.15. The standard InChI is InChI=1S/C11H16N2O4S/c1-11(2,10(12)15)7-13-18(16,17)9-5-3-8(14)4-6-9/h3-6,13-14H,7H2,1-2H3,(H2,12,15). The highest BCUT2D eigenvalue weighted by molar-refractivity contribution is 7.89. The average Bonchev–Trinajstić information content (AvgIpc) is 2.27. The molecule has 0 aliphatic carbocycles. The van der Waals surface area contributed by atoms with Crippen molar-refractivity contribution in [2.45, 2.75) is 18.7 Å². The molecule has 1 aromatic rings. The van der Waals surface area contributed by atoms with E-state index in [1.165, 1.54) is 24.3 Å². The maximum absolute atomic E-state index is 11.9. The third-order valence-corrected chi connectivity index (χ3v) is 3.94. The van der Waals surface area contributed by atoms with E-state index in [9.17, 15) is 13.2 Å². The van der Waals surface area contributed by atoms with Crippen LogP contribution in [-0.4, -0.2) is 26.0 Å². The number of rotatable bonds is 5. The molecule has 0 unspecified atom stereocenters. The van der Waals surface area contributed by atoms with Gasteiger partial charge in [0.25, 0.3) is 0 Å².